The van der Waals surface area contributed by atoms with Crippen LogP contribution in [0.3, 0.4) is 0 Å². The molecule has 0 saturated carbocycles. The van der Waals surface area contributed by atoms with Gasteiger partial charge in [-0.3, -0.25) is 14.8 Å². The number of carbonyl (C=O) groups is 1. The fourth-order valence-corrected chi connectivity index (χ4v) is 4.52. The molecule has 2 aromatic carbocycles. The lowest BCUT2D eigenvalue weighted by molar-refractivity contribution is -0.122. The Morgan fingerprint density at radius 2 is 1.05 bits per heavy atom. The van der Waals surface area contributed by atoms with Crippen molar-refractivity contribution in [3.63, 3.8) is 0 Å². The molecule has 4 aromatic heterocycles. The van der Waals surface area contributed by atoms with Gasteiger partial charge in [0.2, 0.25) is 11.6 Å². The summed E-state index contributed by atoms with van der Waals surface area (Å²) >= 11 is 0. The average molecular weight is 565 g/mol. The predicted molar refractivity (Wildman–Crippen MR) is 148 cm³/mol. The van der Waals surface area contributed by atoms with Crippen LogP contribution in [-0.4, -0.2) is 49.4 Å². The normalized spacial score (nSPS) is 12.6. The van der Waals surface area contributed by atoms with Gasteiger partial charge in [0.1, 0.15) is 13.3 Å². The van der Waals surface area contributed by atoms with Gasteiger partial charge in [-0.2, -0.15) is 9.97 Å². The molecule has 11 heteroatoms. The van der Waals surface area contributed by atoms with Crippen molar-refractivity contribution in [1.29, 1.82) is 0 Å². The van der Waals surface area contributed by atoms with E-state index in [1.54, 1.807) is 85.5 Å². The van der Waals surface area contributed by atoms with E-state index >= 15 is 0 Å². The van der Waals surface area contributed by atoms with Crippen LogP contribution in [-0.2, 0) is 4.79 Å². The van der Waals surface area contributed by atoms with Crippen molar-refractivity contribution in [3.8, 4) is 45.7 Å². The third-order valence-electron chi connectivity index (χ3n) is 6.81. The first-order valence-corrected chi connectivity index (χ1v) is 13.0. The maximum absolute atomic E-state index is 14.2. The highest BCUT2D eigenvalue weighted by molar-refractivity contribution is 5.92. The SMILES string of the molecule is O=C(C(CF)c1ccc(-c2nc(-c3cccnc3)no2)cc1)C(CF)c1ccc(-c2nc(-c3cccnc3)no2)cc1. The van der Waals surface area contributed by atoms with Crippen molar-refractivity contribution in [1.82, 2.24) is 30.2 Å². The molecule has 9 nitrogen and oxygen atoms in total. The summed E-state index contributed by atoms with van der Waals surface area (Å²) < 4.78 is 39.2. The Hall–Kier alpha value is -5.45. The van der Waals surface area contributed by atoms with Gasteiger partial charge in [-0.05, 0) is 59.7 Å². The van der Waals surface area contributed by atoms with Gasteiger partial charge in [0.05, 0.1) is 11.8 Å². The molecule has 0 saturated heterocycles. The van der Waals surface area contributed by atoms with Crippen molar-refractivity contribution in [3.05, 3.63) is 109 Å². The summed E-state index contributed by atoms with van der Waals surface area (Å²) in [7, 11) is 0. The highest BCUT2D eigenvalue weighted by Gasteiger charge is 2.30. The lowest BCUT2D eigenvalue weighted by atomic mass is 9.84. The Bertz CT molecular complexity index is 1640. The molecule has 2 unspecified atom stereocenters. The van der Waals surface area contributed by atoms with Gasteiger partial charge in [-0.15, -0.1) is 0 Å². The van der Waals surface area contributed by atoms with Crippen LogP contribution >= 0.6 is 0 Å². The first-order chi connectivity index (χ1) is 20.6. The number of hydrogen-bond donors (Lipinski definition) is 0. The molecular formula is C31H22F2N6O3. The molecule has 0 N–H and O–H groups in total. The summed E-state index contributed by atoms with van der Waals surface area (Å²) in [5, 5.41) is 7.95. The highest BCUT2D eigenvalue weighted by Crippen LogP contribution is 2.31. The third-order valence-corrected chi connectivity index (χ3v) is 6.81. The first kappa shape index (κ1) is 26.8. The maximum atomic E-state index is 14.2. The lowest BCUT2D eigenvalue weighted by Gasteiger charge is -2.19. The topological polar surface area (TPSA) is 121 Å². The van der Waals surface area contributed by atoms with Gasteiger partial charge in [0.25, 0.3) is 11.8 Å². The second-order valence-electron chi connectivity index (χ2n) is 9.39. The number of halogens is 2. The molecule has 0 amide bonds. The standard InChI is InChI=1S/C31H22F2N6O3/c32-15-25(19-5-9-21(10-6-19)30-36-28(38-41-30)23-3-1-13-34-17-23)27(40)26(16-33)20-7-11-22(12-8-20)31-37-29(39-42-31)24-4-2-14-35-18-24/h1-14,17-18,25-26H,15-16H2. The molecule has 2 atom stereocenters. The van der Waals surface area contributed by atoms with E-state index in [1.165, 1.54) is 0 Å². The Kier molecular flexibility index (Phi) is 7.62. The van der Waals surface area contributed by atoms with E-state index in [0.29, 0.717) is 45.0 Å². The fourth-order valence-electron chi connectivity index (χ4n) is 4.52. The van der Waals surface area contributed by atoms with Gasteiger partial charge in [-0.25, -0.2) is 8.78 Å². The van der Waals surface area contributed by atoms with Crippen LogP contribution in [0.4, 0.5) is 8.78 Å². The van der Waals surface area contributed by atoms with Crippen LogP contribution in [0.15, 0.2) is 107 Å². The van der Waals surface area contributed by atoms with Crippen LogP contribution in [0.1, 0.15) is 23.0 Å². The minimum absolute atomic E-state index is 0.263. The summed E-state index contributed by atoms with van der Waals surface area (Å²) in [6, 6.07) is 20.2. The molecule has 0 radical (unpaired) electrons. The lowest BCUT2D eigenvalue weighted by Crippen LogP contribution is -2.23. The molecular weight excluding hydrogens is 542 g/mol. The van der Waals surface area contributed by atoms with Crippen LogP contribution in [0.2, 0.25) is 0 Å². The number of alkyl halides is 2. The number of hydrogen-bond acceptors (Lipinski definition) is 9. The quantitative estimate of drug-likeness (QED) is 0.189. The number of carbonyl (C=O) groups excluding carboxylic acids is 1. The second kappa shape index (κ2) is 12.0. The Labute approximate surface area is 238 Å². The van der Waals surface area contributed by atoms with E-state index in [4.69, 9.17) is 9.05 Å². The fraction of sp³-hybridized carbons (Fsp3) is 0.129. The summed E-state index contributed by atoms with van der Waals surface area (Å²) in [6.45, 7) is -1.95. The summed E-state index contributed by atoms with van der Waals surface area (Å²) in [4.78, 5) is 30.2. The Balaban J connectivity index is 1.17. The molecule has 4 heterocycles. The van der Waals surface area contributed by atoms with Crippen LogP contribution in [0.5, 0.6) is 0 Å². The number of nitrogens with zero attached hydrogens (tertiary/aromatic N) is 6. The molecule has 6 aromatic rings. The predicted octanol–water partition coefficient (Wildman–Crippen LogP) is 6.29. The molecule has 0 spiro atoms. The number of pyridine rings is 2. The summed E-state index contributed by atoms with van der Waals surface area (Å²) in [5.74, 6) is -1.57. The third kappa shape index (κ3) is 5.44. The summed E-state index contributed by atoms with van der Waals surface area (Å²) in [6.07, 6.45) is 6.53. The Morgan fingerprint density at radius 1 is 0.619 bits per heavy atom. The van der Waals surface area contributed by atoms with Crippen molar-refractivity contribution in [2.24, 2.45) is 0 Å². The maximum Gasteiger partial charge on any atom is 0.258 e. The van der Waals surface area contributed by atoms with E-state index in [9.17, 15) is 13.6 Å². The zero-order valence-electron chi connectivity index (χ0n) is 22.0. The molecule has 0 aliphatic rings. The average Bonchev–Trinajstić information content (AvgIpc) is 3.75. The molecule has 0 fully saturated rings. The monoisotopic (exact) mass is 564 g/mol. The molecule has 208 valence electrons. The van der Waals surface area contributed by atoms with Crippen molar-refractivity contribution in [2.75, 3.05) is 13.3 Å². The van der Waals surface area contributed by atoms with Gasteiger partial charge >= 0.3 is 0 Å². The summed E-state index contributed by atoms with van der Waals surface area (Å²) in [5.41, 5.74) is 3.42. The molecule has 0 bridgehead atoms. The van der Waals surface area contributed by atoms with Gasteiger partial charge < -0.3 is 9.05 Å². The molecule has 0 aliphatic carbocycles. The molecule has 6 rings (SSSR count). The van der Waals surface area contributed by atoms with E-state index in [2.05, 4.69) is 30.2 Å². The number of aromatic nitrogens is 6. The van der Waals surface area contributed by atoms with Crippen LogP contribution < -0.4 is 0 Å². The number of rotatable bonds is 10. The van der Waals surface area contributed by atoms with Crippen LogP contribution in [0.25, 0.3) is 45.7 Å². The smallest absolute Gasteiger partial charge is 0.258 e. The van der Waals surface area contributed by atoms with Gasteiger partial charge in [0, 0.05) is 47.0 Å². The van der Waals surface area contributed by atoms with Crippen molar-refractivity contribution < 1.29 is 22.6 Å². The zero-order chi connectivity index (χ0) is 28.9. The number of ketones is 1. The molecule has 0 aliphatic heterocycles. The van der Waals surface area contributed by atoms with Gasteiger partial charge in [-0.1, -0.05) is 34.6 Å². The number of benzene rings is 2. The van der Waals surface area contributed by atoms with E-state index < -0.39 is 31.0 Å². The van der Waals surface area contributed by atoms with E-state index in [1.807, 2.05) is 12.1 Å². The second-order valence-corrected chi connectivity index (χ2v) is 9.39. The highest BCUT2D eigenvalue weighted by atomic mass is 19.1. The zero-order valence-corrected chi connectivity index (χ0v) is 22.0. The van der Waals surface area contributed by atoms with Crippen LogP contribution in [0, 0.1) is 0 Å². The first-order valence-electron chi connectivity index (χ1n) is 13.0. The molecule has 42 heavy (non-hydrogen) atoms. The van der Waals surface area contributed by atoms with Crippen molar-refractivity contribution in [2.45, 2.75) is 11.8 Å². The largest absolute Gasteiger partial charge is 0.334 e. The number of Topliss-reactive ketones (excluding diaryl/α,β-unsaturated/α-hetero) is 1. The van der Waals surface area contributed by atoms with Crippen molar-refractivity contribution >= 4 is 5.78 Å². The van der Waals surface area contributed by atoms with E-state index in [0.717, 1.165) is 0 Å². The van der Waals surface area contributed by atoms with E-state index in [-0.39, 0.29) is 11.8 Å². The van der Waals surface area contributed by atoms with Gasteiger partial charge in [0.15, 0.2) is 5.78 Å². The Morgan fingerprint density at radius 3 is 1.40 bits per heavy atom. The minimum atomic E-state index is -1.15. The minimum Gasteiger partial charge on any atom is -0.334 e.